The highest BCUT2D eigenvalue weighted by Crippen LogP contribution is 2.24. The fourth-order valence-electron chi connectivity index (χ4n) is 2.43. The molecule has 1 saturated heterocycles. The molecule has 21 heavy (non-hydrogen) atoms. The smallest absolute Gasteiger partial charge is 0.276 e. The number of halogens is 1. The summed E-state index contributed by atoms with van der Waals surface area (Å²) in [5.41, 5.74) is 1.14. The van der Waals surface area contributed by atoms with Gasteiger partial charge in [0.25, 0.3) is 5.91 Å². The van der Waals surface area contributed by atoms with Crippen LogP contribution in [-0.2, 0) is 0 Å². The zero-order valence-corrected chi connectivity index (χ0v) is 12.4. The van der Waals surface area contributed by atoms with Crippen LogP contribution in [0.5, 0.6) is 0 Å². The third kappa shape index (κ3) is 3.09. The van der Waals surface area contributed by atoms with Gasteiger partial charge in [0.2, 0.25) is 0 Å². The van der Waals surface area contributed by atoms with Crippen LogP contribution in [0.2, 0.25) is 5.02 Å². The SMILES string of the molecule is CC1CN(C(=O)c2cc(-c3cccc(Cl)c3)on2)CCN1. The lowest BCUT2D eigenvalue weighted by Crippen LogP contribution is -2.51. The summed E-state index contributed by atoms with van der Waals surface area (Å²) in [6.45, 7) is 4.21. The van der Waals surface area contributed by atoms with Gasteiger partial charge in [-0.1, -0.05) is 28.9 Å². The predicted octanol–water partition coefficient (Wildman–Crippen LogP) is 2.43. The van der Waals surface area contributed by atoms with Crippen molar-refractivity contribution in [2.45, 2.75) is 13.0 Å². The van der Waals surface area contributed by atoms with E-state index in [1.165, 1.54) is 0 Å². The monoisotopic (exact) mass is 305 g/mol. The van der Waals surface area contributed by atoms with Gasteiger partial charge in [0, 0.05) is 42.3 Å². The highest BCUT2D eigenvalue weighted by atomic mass is 35.5. The van der Waals surface area contributed by atoms with Gasteiger partial charge in [0.05, 0.1) is 0 Å². The molecule has 110 valence electrons. The van der Waals surface area contributed by atoms with Crippen molar-refractivity contribution in [3.63, 3.8) is 0 Å². The predicted molar refractivity (Wildman–Crippen MR) is 80.3 cm³/mol. The first kappa shape index (κ1) is 14.1. The van der Waals surface area contributed by atoms with Crippen molar-refractivity contribution >= 4 is 17.5 Å². The molecule has 3 rings (SSSR count). The first-order chi connectivity index (χ1) is 10.1. The van der Waals surface area contributed by atoms with Gasteiger partial charge in [-0.2, -0.15) is 0 Å². The van der Waals surface area contributed by atoms with E-state index in [9.17, 15) is 4.79 Å². The molecule has 6 heteroatoms. The molecule has 1 N–H and O–H groups in total. The Morgan fingerprint density at radius 2 is 2.33 bits per heavy atom. The standard InChI is InChI=1S/C15H16ClN3O2/c1-10-9-19(6-5-17-10)15(20)13-8-14(21-18-13)11-3-2-4-12(16)7-11/h2-4,7-8,10,17H,5-6,9H2,1H3. The summed E-state index contributed by atoms with van der Waals surface area (Å²) in [5.74, 6) is 0.449. The van der Waals surface area contributed by atoms with Crippen molar-refractivity contribution in [3.8, 4) is 11.3 Å². The number of benzene rings is 1. The summed E-state index contributed by atoms with van der Waals surface area (Å²) in [7, 11) is 0. The van der Waals surface area contributed by atoms with Crippen LogP contribution in [0.3, 0.4) is 0 Å². The fourth-order valence-corrected chi connectivity index (χ4v) is 2.62. The van der Waals surface area contributed by atoms with Crippen molar-refractivity contribution in [2.75, 3.05) is 19.6 Å². The molecule has 0 saturated carbocycles. The van der Waals surface area contributed by atoms with E-state index >= 15 is 0 Å². The number of amides is 1. The molecule has 1 aromatic carbocycles. The van der Waals surface area contributed by atoms with Crippen LogP contribution in [0.15, 0.2) is 34.9 Å². The number of carbonyl (C=O) groups excluding carboxylic acids is 1. The number of piperazine rings is 1. The van der Waals surface area contributed by atoms with Gasteiger partial charge < -0.3 is 14.7 Å². The Bertz CT molecular complexity index is 656. The van der Waals surface area contributed by atoms with Gasteiger partial charge in [-0.25, -0.2) is 0 Å². The Morgan fingerprint density at radius 3 is 3.10 bits per heavy atom. The molecule has 2 heterocycles. The Hall–Kier alpha value is -1.85. The van der Waals surface area contributed by atoms with E-state index in [0.29, 0.717) is 35.6 Å². The van der Waals surface area contributed by atoms with Crippen LogP contribution in [0.1, 0.15) is 17.4 Å². The maximum Gasteiger partial charge on any atom is 0.276 e. The molecule has 1 fully saturated rings. The minimum absolute atomic E-state index is 0.0969. The molecule has 0 bridgehead atoms. The van der Waals surface area contributed by atoms with Crippen LogP contribution in [-0.4, -0.2) is 41.6 Å². The second kappa shape index (κ2) is 5.87. The number of hydrogen-bond donors (Lipinski definition) is 1. The summed E-state index contributed by atoms with van der Waals surface area (Å²) < 4.78 is 5.27. The largest absolute Gasteiger partial charge is 0.355 e. The van der Waals surface area contributed by atoms with Crippen LogP contribution in [0, 0.1) is 0 Å². The second-order valence-electron chi connectivity index (χ2n) is 5.19. The molecular weight excluding hydrogens is 290 g/mol. The molecule has 2 aromatic rings. The van der Waals surface area contributed by atoms with E-state index in [2.05, 4.69) is 17.4 Å². The Kier molecular flexibility index (Phi) is 3.94. The first-order valence-electron chi connectivity index (χ1n) is 6.89. The van der Waals surface area contributed by atoms with E-state index in [1.807, 2.05) is 12.1 Å². The van der Waals surface area contributed by atoms with Gasteiger partial charge in [0.1, 0.15) is 0 Å². The summed E-state index contributed by atoms with van der Waals surface area (Å²) in [6, 6.07) is 9.23. The second-order valence-corrected chi connectivity index (χ2v) is 5.63. The highest BCUT2D eigenvalue weighted by molar-refractivity contribution is 6.30. The number of aromatic nitrogens is 1. The quantitative estimate of drug-likeness (QED) is 0.926. The topological polar surface area (TPSA) is 58.4 Å². The van der Waals surface area contributed by atoms with Crippen molar-refractivity contribution in [1.29, 1.82) is 0 Å². The number of rotatable bonds is 2. The third-order valence-corrected chi connectivity index (χ3v) is 3.73. The molecule has 5 nitrogen and oxygen atoms in total. The van der Waals surface area contributed by atoms with Crippen molar-refractivity contribution in [2.24, 2.45) is 0 Å². The summed E-state index contributed by atoms with van der Waals surface area (Å²) in [5, 5.41) is 7.81. The molecule has 1 aromatic heterocycles. The van der Waals surface area contributed by atoms with E-state index < -0.39 is 0 Å². The lowest BCUT2D eigenvalue weighted by Gasteiger charge is -2.31. The van der Waals surface area contributed by atoms with Crippen LogP contribution < -0.4 is 5.32 Å². The van der Waals surface area contributed by atoms with Gasteiger partial charge >= 0.3 is 0 Å². The van der Waals surface area contributed by atoms with Crippen molar-refractivity contribution in [1.82, 2.24) is 15.4 Å². The molecule has 0 radical (unpaired) electrons. The first-order valence-corrected chi connectivity index (χ1v) is 7.26. The molecule has 1 atom stereocenters. The molecule has 0 spiro atoms. The van der Waals surface area contributed by atoms with Crippen molar-refractivity contribution < 1.29 is 9.32 Å². The third-order valence-electron chi connectivity index (χ3n) is 3.49. The minimum atomic E-state index is -0.0969. The van der Waals surface area contributed by atoms with E-state index in [-0.39, 0.29) is 5.91 Å². The Morgan fingerprint density at radius 1 is 1.48 bits per heavy atom. The van der Waals surface area contributed by atoms with Gasteiger partial charge in [-0.3, -0.25) is 4.79 Å². The minimum Gasteiger partial charge on any atom is -0.355 e. The lowest BCUT2D eigenvalue weighted by atomic mass is 10.1. The Labute approximate surface area is 127 Å². The number of nitrogens with zero attached hydrogens (tertiary/aromatic N) is 2. The average molecular weight is 306 g/mol. The van der Waals surface area contributed by atoms with E-state index in [0.717, 1.165) is 12.1 Å². The van der Waals surface area contributed by atoms with Gasteiger partial charge in [0.15, 0.2) is 11.5 Å². The molecule has 1 aliphatic heterocycles. The van der Waals surface area contributed by atoms with Gasteiger partial charge in [-0.05, 0) is 19.1 Å². The lowest BCUT2D eigenvalue weighted by molar-refractivity contribution is 0.0698. The number of nitrogens with one attached hydrogen (secondary N) is 1. The summed E-state index contributed by atoms with van der Waals surface area (Å²) in [4.78, 5) is 14.2. The molecule has 0 aliphatic carbocycles. The average Bonchev–Trinajstić information content (AvgIpc) is 2.96. The highest BCUT2D eigenvalue weighted by Gasteiger charge is 2.24. The van der Waals surface area contributed by atoms with Crippen molar-refractivity contribution in [3.05, 3.63) is 41.0 Å². The fraction of sp³-hybridized carbons (Fsp3) is 0.333. The normalized spacial score (nSPS) is 18.8. The molecule has 1 aliphatic rings. The Balaban J connectivity index is 1.80. The zero-order valence-electron chi connectivity index (χ0n) is 11.7. The van der Waals surface area contributed by atoms with Crippen LogP contribution >= 0.6 is 11.6 Å². The maximum atomic E-state index is 12.4. The number of carbonyl (C=O) groups is 1. The summed E-state index contributed by atoms with van der Waals surface area (Å²) >= 11 is 5.96. The van der Waals surface area contributed by atoms with Crippen LogP contribution in [0.25, 0.3) is 11.3 Å². The maximum absolute atomic E-state index is 12.4. The van der Waals surface area contributed by atoms with E-state index in [1.54, 1.807) is 23.1 Å². The van der Waals surface area contributed by atoms with Crippen LogP contribution in [0.4, 0.5) is 0 Å². The molecule has 1 unspecified atom stereocenters. The number of hydrogen-bond acceptors (Lipinski definition) is 4. The molecule has 1 amide bonds. The summed E-state index contributed by atoms with van der Waals surface area (Å²) in [6.07, 6.45) is 0. The van der Waals surface area contributed by atoms with Gasteiger partial charge in [-0.15, -0.1) is 0 Å². The zero-order chi connectivity index (χ0) is 14.8. The van der Waals surface area contributed by atoms with E-state index in [4.69, 9.17) is 16.1 Å². The molecular formula is C15H16ClN3O2.